The third-order valence-corrected chi connectivity index (χ3v) is 13.9. The number of esters is 3. The van der Waals surface area contributed by atoms with Crippen molar-refractivity contribution in [2.24, 2.45) is 0 Å². The minimum absolute atomic E-state index is 0.0766. The van der Waals surface area contributed by atoms with Crippen LogP contribution in [0.25, 0.3) is 0 Å². The van der Waals surface area contributed by atoms with Crippen LogP contribution in [0.15, 0.2) is 85.1 Å². The Bertz CT molecular complexity index is 1430. The van der Waals surface area contributed by atoms with Crippen LogP contribution >= 0.6 is 0 Å². The molecule has 75 heavy (non-hydrogen) atoms. The summed E-state index contributed by atoms with van der Waals surface area (Å²) in [7, 11) is 0. The fraction of sp³-hybridized carbons (Fsp3) is 0.754. The number of ether oxygens (including phenoxy) is 3. The van der Waals surface area contributed by atoms with Crippen LogP contribution in [0.2, 0.25) is 0 Å². The molecule has 0 heterocycles. The molecule has 0 aliphatic rings. The van der Waals surface area contributed by atoms with Gasteiger partial charge in [-0.3, -0.25) is 14.4 Å². The zero-order valence-corrected chi connectivity index (χ0v) is 49.6. The standard InChI is InChI=1S/C69H120O6/c1-4-7-10-13-15-17-19-21-23-25-26-27-28-29-30-31-32-33-34-35-36-37-38-39-40-41-42-44-45-47-49-51-53-56-59-62-68(71)74-65-66(64-73-67(70)61-58-55-12-9-6-3)75-69(72)63-60-57-54-52-50-48-46-43-24-22-20-18-16-14-11-8-5-2/h7-8,10-11,15-18,21-24,26-27,66H,4-6,9,12-14,19-20,25,28-65H2,1-3H3/b10-7-,11-8-,17-15-,18-16-,23-21-,24-22-,27-26-. The van der Waals surface area contributed by atoms with E-state index in [1.165, 1.54) is 161 Å². The Labute approximate surface area is 465 Å². The summed E-state index contributed by atoms with van der Waals surface area (Å²) in [6.45, 7) is 6.35. The summed E-state index contributed by atoms with van der Waals surface area (Å²) in [6.07, 6.45) is 83.8. The number of unbranched alkanes of at least 4 members (excludes halogenated alkanes) is 33. The fourth-order valence-corrected chi connectivity index (χ4v) is 9.16. The van der Waals surface area contributed by atoms with Crippen molar-refractivity contribution in [2.75, 3.05) is 13.2 Å². The molecule has 6 nitrogen and oxygen atoms in total. The Kier molecular flexibility index (Phi) is 60.3. The van der Waals surface area contributed by atoms with Gasteiger partial charge >= 0.3 is 17.9 Å². The first-order valence-electron chi connectivity index (χ1n) is 32.1. The first kappa shape index (κ1) is 71.6. The lowest BCUT2D eigenvalue weighted by Crippen LogP contribution is -2.30. The molecule has 0 radical (unpaired) electrons. The molecule has 0 aromatic carbocycles. The highest BCUT2D eigenvalue weighted by atomic mass is 16.6. The van der Waals surface area contributed by atoms with E-state index in [0.717, 1.165) is 116 Å². The average Bonchev–Trinajstić information content (AvgIpc) is 3.41. The summed E-state index contributed by atoms with van der Waals surface area (Å²) in [5, 5.41) is 0. The molecule has 0 saturated heterocycles. The molecule has 0 spiro atoms. The molecule has 0 aromatic rings. The number of allylic oxidation sites excluding steroid dienone is 14. The van der Waals surface area contributed by atoms with E-state index in [-0.39, 0.29) is 31.1 Å². The predicted octanol–water partition coefficient (Wildman–Crippen LogP) is 21.9. The summed E-state index contributed by atoms with van der Waals surface area (Å²) in [5.74, 6) is -0.889. The smallest absolute Gasteiger partial charge is 0.306 e. The fourth-order valence-electron chi connectivity index (χ4n) is 9.16. The first-order valence-corrected chi connectivity index (χ1v) is 32.1. The van der Waals surface area contributed by atoms with Crippen LogP contribution in [-0.4, -0.2) is 37.2 Å². The largest absolute Gasteiger partial charge is 0.462 e. The lowest BCUT2D eigenvalue weighted by Gasteiger charge is -2.18. The third kappa shape index (κ3) is 61.3. The molecule has 0 fully saturated rings. The molecule has 0 rings (SSSR count). The molecule has 0 N–H and O–H groups in total. The van der Waals surface area contributed by atoms with Gasteiger partial charge in [0.2, 0.25) is 0 Å². The SMILES string of the molecule is CC/C=C\C/C=C\C/C=C\C/C=C\CCCCCCCCCCCCCCCCCCCCCCCCC(=O)OCC(COC(=O)CCCCCCC)OC(=O)CCCCCCCCC/C=C\C/C=C\C/C=C\CC. The van der Waals surface area contributed by atoms with E-state index < -0.39 is 6.10 Å². The van der Waals surface area contributed by atoms with Crippen molar-refractivity contribution < 1.29 is 28.6 Å². The number of hydrogen-bond acceptors (Lipinski definition) is 6. The summed E-state index contributed by atoms with van der Waals surface area (Å²) in [4.78, 5) is 37.9. The lowest BCUT2D eigenvalue weighted by atomic mass is 10.0. The molecule has 0 aliphatic carbocycles. The maximum atomic E-state index is 12.8. The molecule has 0 aliphatic heterocycles. The van der Waals surface area contributed by atoms with Gasteiger partial charge in [-0.15, -0.1) is 0 Å². The minimum atomic E-state index is -0.775. The van der Waals surface area contributed by atoms with Crippen molar-refractivity contribution in [3.63, 3.8) is 0 Å². The predicted molar refractivity (Wildman–Crippen MR) is 325 cm³/mol. The maximum Gasteiger partial charge on any atom is 0.306 e. The molecule has 0 bridgehead atoms. The zero-order chi connectivity index (χ0) is 54.3. The average molecular weight is 1050 g/mol. The highest BCUT2D eigenvalue weighted by molar-refractivity contribution is 5.71. The summed E-state index contributed by atoms with van der Waals surface area (Å²) in [5.41, 5.74) is 0. The van der Waals surface area contributed by atoms with Crippen LogP contribution in [0.5, 0.6) is 0 Å². The summed E-state index contributed by atoms with van der Waals surface area (Å²) < 4.78 is 16.7. The van der Waals surface area contributed by atoms with E-state index in [9.17, 15) is 14.4 Å². The van der Waals surface area contributed by atoms with Gasteiger partial charge in [0.25, 0.3) is 0 Å². The van der Waals surface area contributed by atoms with Crippen LogP contribution in [0, 0.1) is 0 Å². The third-order valence-electron chi connectivity index (χ3n) is 13.9. The van der Waals surface area contributed by atoms with Gasteiger partial charge in [0.15, 0.2) is 6.10 Å². The molecule has 432 valence electrons. The molecule has 0 aromatic heterocycles. The van der Waals surface area contributed by atoms with Crippen LogP contribution in [-0.2, 0) is 28.6 Å². The van der Waals surface area contributed by atoms with Crippen LogP contribution < -0.4 is 0 Å². The number of carbonyl (C=O) groups is 3. The highest BCUT2D eigenvalue weighted by Gasteiger charge is 2.19. The number of rotatable bonds is 58. The summed E-state index contributed by atoms with van der Waals surface area (Å²) in [6, 6.07) is 0. The van der Waals surface area contributed by atoms with Gasteiger partial charge in [0, 0.05) is 19.3 Å². The second-order valence-corrected chi connectivity index (χ2v) is 21.3. The quantitative estimate of drug-likeness (QED) is 0.0261. The van der Waals surface area contributed by atoms with E-state index >= 15 is 0 Å². The van der Waals surface area contributed by atoms with Crippen molar-refractivity contribution in [1.29, 1.82) is 0 Å². The second kappa shape index (κ2) is 63.1. The van der Waals surface area contributed by atoms with Crippen molar-refractivity contribution in [3.05, 3.63) is 85.1 Å². The Balaban J connectivity index is 3.90. The van der Waals surface area contributed by atoms with Crippen LogP contribution in [0.4, 0.5) is 0 Å². The van der Waals surface area contributed by atoms with Crippen molar-refractivity contribution in [1.82, 2.24) is 0 Å². The molecule has 6 heteroatoms. The van der Waals surface area contributed by atoms with Gasteiger partial charge in [-0.1, -0.05) is 292 Å². The van der Waals surface area contributed by atoms with Crippen molar-refractivity contribution in [3.8, 4) is 0 Å². The van der Waals surface area contributed by atoms with E-state index in [4.69, 9.17) is 14.2 Å². The molecular formula is C69H120O6. The van der Waals surface area contributed by atoms with Gasteiger partial charge in [0.1, 0.15) is 13.2 Å². The van der Waals surface area contributed by atoms with Gasteiger partial charge in [-0.2, -0.15) is 0 Å². The molecule has 1 atom stereocenters. The molecular weight excluding hydrogens is 925 g/mol. The normalized spacial score (nSPS) is 12.6. The van der Waals surface area contributed by atoms with Gasteiger partial charge < -0.3 is 14.2 Å². The zero-order valence-electron chi connectivity index (χ0n) is 49.6. The first-order chi connectivity index (χ1) is 37.0. The van der Waals surface area contributed by atoms with Crippen molar-refractivity contribution >= 4 is 17.9 Å². The summed E-state index contributed by atoms with van der Waals surface area (Å²) >= 11 is 0. The number of hydrogen-bond donors (Lipinski definition) is 0. The second-order valence-electron chi connectivity index (χ2n) is 21.3. The Morgan fingerprint density at radius 2 is 0.520 bits per heavy atom. The topological polar surface area (TPSA) is 78.9 Å². The van der Waals surface area contributed by atoms with E-state index in [1.54, 1.807) is 0 Å². The van der Waals surface area contributed by atoms with Gasteiger partial charge in [0.05, 0.1) is 0 Å². The van der Waals surface area contributed by atoms with E-state index in [1.807, 2.05) is 0 Å². The van der Waals surface area contributed by atoms with Gasteiger partial charge in [-0.05, 0) is 89.9 Å². The molecule has 0 saturated carbocycles. The lowest BCUT2D eigenvalue weighted by molar-refractivity contribution is -0.167. The van der Waals surface area contributed by atoms with Gasteiger partial charge in [-0.25, -0.2) is 0 Å². The van der Waals surface area contributed by atoms with Crippen LogP contribution in [0.3, 0.4) is 0 Å². The monoisotopic (exact) mass is 1040 g/mol. The van der Waals surface area contributed by atoms with Crippen molar-refractivity contribution in [2.45, 2.75) is 322 Å². The Morgan fingerprint density at radius 3 is 0.813 bits per heavy atom. The molecule has 1 unspecified atom stereocenters. The van der Waals surface area contributed by atoms with Crippen LogP contribution in [0.1, 0.15) is 316 Å². The molecule has 0 amide bonds. The minimum Gasteiger partial charge on any atom is -0.462 e. The number of carbonyl (C=O) groups excluding carboxylic acids is 3. The Hall–Kier alpha value is -3.41. The maximum absolute atomic E-state index is 12.8. The van der Waals surface area contributed by atoms with E-state index in [2.05, 4.69) is 106 Å². The van der Waals surface area contributed by atoms with E-state index in [0.29, 0.717) is 19.3 Å². The Morgan fingerprint density at radius 1 is 0.280 bits per heavy atom. The highest BCUT2D eigenvalue weighted by Crippen LogP contribution is 2.17.